The van der Waals surface area contributed by atoms with Crippen molar-refractivity contribution in [2.24, 2.45) is 0 Å². The van der Waals surface area contributed by atoms with Crippen molar-refractivity contribution in [3.63, 3.8) is 0 Å². The monoisotopic (exact) mass is 294 g/mol. The molecular weight excluding hydrogens is 280 g/mol. The minimum absolute atomic E-state index is 0.211. The second kappa shape index (κ2) is 5.73. The van der Waals surface area contributed by atoms with Crippen molar-refractivity contribution >= 4 is 5.97 Å². The number of ether oxygens (including phenoxy) is 1. The average molecular weight is 294 g/mol. The Labute approximate surface area is 127 Å². The van der Waals surface area contributed by atoms with Crippen LogP contribution in [0.25, 0.3) is 16.8 Å². The molecule has 0 spiro atoms. The minimum atomic E-state index is -0.973. The minimum Gasteiger partial charge on any atom is -0.496 e. The van der Waals surface area contributed by atoms with Gasteiger partial charge in [-0.1, -0.05) is 18.2 Å². The zero-order valence-corrected chi connectivity index (χ0v) is 11.9. The van der Waals surface area contributed by atoms with Gasteiger partial charge in [0.2, 0.25) is 0 Å². The van der Waals surface area contributed by atoms with Crippen LogP contribution in [0.1, 0.15) is 10.4 Å². The number of aromatic nitrogens is 2. The van der Waals surface area contributed by atoms with Gasteiger partial charge in [0.05, 0.1) is 24.6 Å². The summed E-state index contributed by atoms with van der Waals surface area (Å²) in [7, 11) is 1.56. The third kappa shape index (κ3) is 2.56. The van der Waals surface area contributed by atoms with Crippen molar-refractivity contribution in [2.45, 2.75) is 0 Å². The van der Waals surface area contributed by atoms with Crippen LogP contribution in [0.4, 0.5) is 0 Å². The van der Waals surface area contributed by atoms with E-state index >= 15 is 0 Å². The smallest absolute Gasteiger partial charge is 0.335 e. The van der Waals surface area contributed by atoms with Crippen LogP contribution < -0.4 is 4.74 Å². The molecule has 0 amide bonds. The lowest BCUT2D eigenvalue weighted by Crippen LogP contribution is -1.97. The first-order valence-corrected chi connectivity index (χ1v) is 6.71. The van der Waals surface area contributed by atoms with Crippen molar-refractivity contribution < 1.29 is 14.6 Å². The summed E-state index contributed by atoms with van der Waals surface area (Å²) in [5, 5.41) is 13.5. The van der Waals surface area contributed by atoms with Gasteiger partial charge in [-0.3, -0.25) is 0 Å². The van der Waals surface area contributed by atoms with E-state index in [0.717, 1.165) is 11.3 Å². The highest BCUT2D eigenvalue weighted by atomic mass is 16.5. The topological polar surface area (TPSA) is 64.3 Å². The van der Waals surface area contributed by atoms with Crippen LogP contribution >= 0.6 is 0 Å². The Kier molecular flexibility index (Phi) is 3.62. The van der Waals surface area contributed by atoms with E-state index in [4.69, 9.17) is 9.84 Å². The van der Waals surface area contributed by atoms with Gasteiger partial charge in [0.25, 0.3) is 0 Å². The quantitative estimate of drug-likeness (QED) is 0.802. The van der Waals surface area contributed by atoms with Gasteiger partial charge in [-0.2, -0.15) is 5.10 Å². The normalized spacial score (nSPS) is 10.4. The molecule has 1 heterocycles. The Morgan fingerprint density at radius 3 is 2.64 bits per heavy atom. The number of para-hydroxylation sites is 1. The van der Waals surface area contributed by atoms with E-state index in [2.05, 4.69) is 5.10 Å². The fourth-order valence-corrected chi connectivity index (χ4v) is 2.25. The van der Waals surface area contributed by atoms with Crippen LogP contribution in [-0.4, -0.2) is 28.0 Å². The lowest BCUT2D eigenvalue weighted by Gasteiger charge is -2.07. The van der Waals surface area contributed by atoms with Gasteiger partial charge >= 0.3 is 5.97 Å². The first kappa shape index (κ1) is 13.9. The van der Waals surface area contributed by atoms with E-state index in [9.17, 15) is 4.79 Å². The summed E-state index contributed by atoms with van der Waals surface area (Å²) < 4.78 is 7.06. The van der Waals surface area contributed by atoms with Crippen molar-refractivity contribution in [1.82, 2.24) is 9.78 Å². The summed E-state index contributed by atoms with van der Waals surface area (Å²) in [6.45, 7) is 0. The van der Waals surface area contributed by atoms with Gasteiger partial charge in [-0.25, -0.2) is 9.48 Å². The standard InChI is InChI=1S/C17H14N2O3/c1-22-16-8-7-12(17(20)21)9-15(16)13-10-18-19(11-13)14-5-3-2-4-6-14/h2-11H,1H3,(H,20,21). The molecule has 3 aromatic rings. The molecule has 22 heavy (non-hydrogen) atoms. The molecule has 1 N–H and O–H groups in total. The number of rotatable bonds is 4. The maximum absolute atomic E-state index is 11.1. The molecule has 2 aromatic carbocycles. The third-order valence-electron chi connectivity index (χ3n) is 3.36. The van der Waals surface area contributed by atoms with Crippen LogP contribution in [0.5, 0.6) is 5.75 Å². The number of nitrogens with zero attached hydrogens (tertiary/aromatic N) is 2. The lowest BCUT2D eigenvalue weighted by atomic mass is 10.0. The number of methoxy groups -OCH3 is 1. The fourth-order valence-electron chi connectivity index (χ4n) is 2.25. The van der Waals surface area contributed by atoms with Gasteiger partial charge in [-0.05, 0) is 30.3 Å². The molecule has 0 saturated carbocycles. The van der Waals surface area contributed by atoms with Crippen LogP contribution in [-0.2, 0) is 0 Å². The molecule has 0 aliphatic heterocycles. The Balaban J connectivity index is 2.06. The molecule has 0 aliphatic carbocycles. The fraction of sp³-hybridized carbons (Fsp3) is 0.0588. The number of benzene rings is 2. The van der Waals surface area contributed by atoms with Crippen molar-refractivity contribution in [2.75, 3.05) is 7.11 Å². The molecule has 0 unspecified atom stereocenters. The summed E-state index contributed by atoms with van der Waals surface area (Å²) in [6.07, 6.45) is 3.54. The summed E-state index contributed by atoms with van der Waals surface area (Å²) in [6, 6.07) is 14.5. The molecule has 5 heteroatoms. The van der Waals surface area contributed by atoms with E-state index in [0.29, 0.717) is 11.3 Å². The maximum Gasteiger partial charge on any atom is 0.335 e. The lowest BCUT2D eigenvalue weighted by molar-refractivity contribution is 0.0697. The number of hydrogen-bond donors (Lipinski definition) is 1. The van der Waals surface area contributed by atoms with Crippen molar-refractivity contribution in [3.05, 3.63) is 66.5 Å². The van der Waals surface area contributed by atoms with Gasteiger partial charge in [-0.15, -0.1) is 0 Å². The molecule has 5 nitrogen and oxygen atoms in total. The largest absolute Gasteiger partial charge is 0.496 e. The molecule has 3 rings (SSSR count). The highest BCUT2D eigenvalue weighted by molar-refractivity contribution is 5.90. The van der Waals surface area contributed by atoms with Gasteiger partial charge in [0, 0.05) is 17.3 Å². The van der Waals surface area contributed by atoms with Gasteiger partial charge in [0.1, 0.15) is 5.75 Å². The molecule has 0 saturated heterocycles. The number of carboxylic acid groups (broad SMARTS) is 1. The predicted molar refractivity (Wildman–Crippen MR) is 82.5 cm³/mol. The zero-order valence-electron chi connectivity index (χ0n) is 11.9. The number of carbonyl (C=O) groups is 1. The zero-order chi connectivity index (χ0) is 15.5. The van der Waals surface area contributed by atoms with Gasteiger partial charge < -0.3 is 9.84 Å². The van der Waals surface area contributed by atoms with E-state index in [1.807, 2.05) is 36.5 Å². The van der Waals surface area contributed by atoms with Crippen LogP contribution in [0, 0.1) is 0 Å². The number of carboxylic acids is 1. The van der Waals surface area contributed by atoms with E-state index in [1.165, 1.54) is 6.07 Å². The summed E-state index contributed by atoms with van der Waals surface area (Å²) in [5.74, 6) is -0.364. The molecule has 0 fully saturated rings. The Morgan fingerprint density at radius 1 is 1.18 bits per heavy atom. The third-order valence-corrected chi connectivity index (χ3v) is 3.36. The molecular formula is C17H14N2O3. The molecule has 110 valence electrons. The van der Waals surface area contributed by atoms with Crippen molar-refractivity contribution in [3.8, 4) is 22.6 Å². The molecule has 0 radical (unpaired) electrons. The maximum atomic E-state index is 11.1. The predicted octanol–water partition coefficient (Wildman–Crippen LogP) is 3.25. The van der Waals surface area contributed by atoms with Crippen molar-refractivity contribution in [1.29, 1.82) is 0 Å². The van der Waals surface area contributed by atoms with E-state index < -0.39 is 5.97 Å². The second-order valence-corrected chi connectivity index (χ2v) is 4.73. The van der Waals surface area contributed by atoms with Crippen LogP contribution in [0.2, 0.25) is 0 Å². The highest BCUT2D eigenvalue weighted by Gasteiger charge is 2.12. The molecule has 1 aromatic heterocycles. The molecule has 0 bridgehead atoms. The molecule has 0 aliphatic rings. The Bertz CT molecular complexity index is 810. The van der Waals surface area contributed by atoms with E-state index in [-0.39, 0.29) is 5.56 Å². The number of hydrogen-bond acceptors (Lipinski definition) is 3. The first-order valence-electron chi connectivity index (χ1n) is 6.71. The highest BCUT2D eigenvalue weighted by Crippen LogP contribution is 2.31. The van der Waals surface area contributed by atoms with Crippen LogP contribution in [0.15, 0.2) is 60.9 Å². The summed E-state index contributed by atoms with van der Waals surface area (Å²) >= 11 is 0. The first-order chi connectivity index (χ1) is 10.7. The van der Waals surface area contributed by atoms with E-state index in [1.54, 1.807) is 30.1 Å². The summed E-state index contributed by atoms with van der Waals surface area (Å²) in [5.41, 5.74) is 2.64. The second-order valence-electron chi connectivity index (χ2n) is 4.73. The number of aromatic carboxylic acids is 1. The SMILES string of the molecule is COc1ccc(C(=O)O)cc1-c1cnn(-c2ccccc2)c1. The molecule has 0 atom stereocenters. The Morgan fingerprint density at radius 2 is 1.95 bits per heavy atom. The van der Waals surface area contributed by atoms with Crippen LogP contribution in [0.3, 0.4) is 0 Å². The summed E-state index contributed by atoms with van der Waals surface area (Å²) in [4.78, 5) is 11.1. The Hall–Kier alpha value is -3.08. The average Bonchev–Trinajstić information content (AvgIpc) is 3.05. The van der Waals surface area contributed by atoms with Gasteiger partial charge in [0.15, 0.2) is 0 Å².